The molecular formula is C15H18F2N4O3S2. The van der Waals surface area contributed by atoms with Crippen LogP contribution >= 0.6 is 11.3 Å². The summed E-state index contributed by atoms with van der Waals surface area (Å²) in [6.45, 7) is 1.58. The maximum absolute atomic E-state index is 13.8. The molecule has 142 valence electrons. The molecule has 3 rings (SSSR count). The van der Waals surface area contributed by atoms with Gasteiger partial charge < -0.3 is 9.80 Å². The van der Waals surface area contributed by atoms with Gasteiger partial charge in [0.25, 0.3) is 0 Å². The molecule has 1 saturated heterocycles. The van der Waals surface area contributed by atoms with Crippen molar-refractivity contribution in [1.82, 2.24) is 14.2 Å². The Morgan fingerprint density at radius 2 is 1.92 bits per heavy atom. The Kier molecular flexibility index (Phi) is 5.13. The van der Waals surface area contributed by atoms with Crippen LogP contribution in [0.25, 0.3) is 10.2 Å². The third-order valence-electron chi connectivity index (χ3n) is 4.23. The van der Waals surface area contributed by atoms with Crippen molar-refractivity contribution in [3.05, 3.63) is 23.8 Å². The van der Waals surface area contributed by atoms with E-state index in [2.05, 4.69) is 4.98 Å². The van der Waals surface area contributed by atoms with E-state index >= 15 is 0 Å². The number of hydrogen-bond acceptors (Lipinski definition) is 6. The summed E-state index contributed by atoms with van der Waals surface area (Å²) in [4.78, 5) is 20.0. The maximum Gasteiger partial charge on any atom is 0.238 e. The van der Waals surface area contributed by atoms with E-state index in [1.165, 1.54) is 24.5 Å². The zero-order valence-corrected chi connectivity index (χ0v) is 15.9. The largest absolute Gasteiger partial charge is 0.345 e. The lowest BCUT2D eigenvalue weighted by atomic mass is 10.3. The molecule has 1 aromatic heterocycles. The number of fused-ring (bicyclic) bond motifs is 1. The SMILES string of the molecule is CN(CC(=O)N1CCN(c2nc3c(F)cc(F)cc3s2)CC1)S(C)(=O)=O. The van der Waals surface area contributed by atoms with Gasteiger partial charge in [-0.3, -0.25) is 4.79 Å². The van der Waals surface area contributed by atoms with Crippen LogP contribution in [0.4, 0.5) is 13.9 Å². The van der Waals surface area contributed by atoms with Crippen molar-refractivity contribution in [2.24, 2.45) is 0 Å². The van der Waals surface area contributed by atoms with Gasteiger partial charge in [0.1, 0.15) is 11.3 Å². The summed E-state index contributed by atoms with van der Waals surface area (Å²) in [5.74, 6) is -1.61. The predicted octanol–water partition coefficient (Wildman–Crippen LogP) is 1.11. The molecule has 2 heterocycles. The van der Waals surface area contributed by atoms with Crippen LogP contribution in [0, 0.1) is 11.6 Å². The highest BCUT2D eigenvalue weighted by atomic mass is 32.2. The quantitative estimate of drug-likeness (QED) is 0.764. The molecule has 1 amide bonds. The monoisotopic (exact) mass is 404 g/mol. The Bertz CT molecular complexity index is 940. The fourth-order valence-corrected chi connectivity index (χ4v) is 4.04. The molecule has 0 radical (unpaired) electrons. The van der Waals surface area contributed by atoms with Gasteiger partial charge in [-0.1, -0.05) is 11.3 Å². The molecule has 1 aliphatic heterocycles. The molecule has 1 aliphatic rings. The summed E-state index contributed by atoms with van der Waals surface area (Å²) in [6, 6.07) is 2.06. The number of amides is 1. The molecule has 0 N–H and O–H groups in total. The number of hydrogen-bond donors (Lipinski definition) is 0. The number of carbonyl (C=O) groups is 1. The lowest BCUT2D eigenvalue weighted by molar-refractivity contribution is -0.131. The first kappa shape index (κ1) is 18.9. The highest BCUT2D eigenvalue weighted by Gasteiger charge is 2.25. The molecule has 0 aliphatic carbocycles. The number of benzene rings is 1. The Morgan fingerprint density at radius 1 is 1.27 bits per heavy atom. The first-order valence-corrected chi connectivity index (χ1v) is 10.5. The van der Waals surface area contributed by atoms with Gasteiger partial charge in [0.2, 0.25) is 15.9 Å². The summed E-state index contributed by atoms with van der Waals surface area (Å²) in [6.07, 6.45) is 1.05. The number of aromatic nitrogens is 1. The topological polar surface area (TPSA) is 73.8 Å². The van der Waals surface area contributed by atoms with Crippen molar-refractivity contribution in [3.8, 4) is 0 Å². The summed E-state index contributed by atoms with van der Waals surface area (Å²) in [5.41, 5.74) is 0.139. The van der Waals surface area contributed by atoms with E-state index in [0.29, 0.717) is 36.0 Å². The van der Waals surface area contributed by atoms with Crippen LogP contribution in [0.15, 0.2) is 12.1 Å². The summed E-state index contributed by atoms with van der Waals surface area (Å²) in [5, 5.41) is 0.574. The Hall–Kier alpha value is -1.85. The van der Waals surface area contributed by atoms with Crippen LogP contribution in [-0.2, 0) is 14.8 Å². The Labute approximate surface area is 153 Å². The molecule has 0 unspecified atom stereocenters. The molecule has 0 atom stereocenters. The van der Waals surface area contributed by atoms with Gasteiger partial charge in [-0.25, -0.2) is 22.2 Å². The van der Waals surface area contributed by atoms with E-state index in [1.54, 1.807) is 4.90 Å². The highest BCUT2D eigenvalue weighted by molar-refractivity contribution is 7.88. The van der Waals surface area contributed by atoms with E-state index in [-0.39, 0.29) is 18.0 Å². The molecule has 1 aromatic carbocycles. The normalized spacial score (nSPS) is 15.9. The van der Waals surface area contributed by atoms with Gasteiger partial charge in [0, 0.05) is 39.3 Å². The van der Waals surface area contributed by atoms with Crippen LogP contribution < -0.4 is 4.90 Å². The number of sulfonamides is 1. The van der Waals surface area contributed by atoms with Gasteiger partial charge in [0.05, 0.1) is 17.5 Å². The molecule has 0 spiro atoms. The zero-order valence-electron chi connectivity index (χ0n) is 14.3. The number of thiazole rings is 1. The Balaban J connectivity index is 1.65. The molecule has 0 saturated carbocycles. The highest BCUT2D eigenvalue weighted by Crippen LogP contribution is 2.31. The first-order valence-electron chi connectivity index (χ1n) is 7.85. The average molecular weight is 404 g/mol. The lowest BCUT2D eigenvalue weighted by Crippen LogP contribution is -2.51. The lowest BCUT2D eigenvalue weighted by Gasteiger charge is -2.35. The number of nitrogens with zero attached hydrogens (tertiary/aromatic N) is 4. The van der Waals surface area contributed by atoms with Gasteiger partial charge in [-0.15, -0.1) is 0 Å². The number of likely N-dealkylation sites (N-methyl/N-ethyl adjacent to an activating group) is 1. The van der Waals surface area contributed by atoms with Crippen LogP contribution in [0.3, 0.4) is 0 Å². The standard InChI is InChI=1S/C15H18F2N4O3S2/c1-19(26(2,23)24)9-13(22)20-3-5-21(6-4-20)15-18-14-11(17)7-10(16)8-12(14)25-15/h7-8H,3-6,9H2,1-2H3. The second-order valence-electron chi connectivity index (χ2n) is 6.12. The maximum atomic E-state index is 13.8. The van der Waals surface area contributed by atoms with Crippen LogP contribution in [0.1, 0.15) is 0 Å². The fraction of sp³-hybridized carbons (Fsp3) is 0.467. The number of carbonyl (C=O) groups excluding carboxylic acids is 1. The minimum atomic E-state index is -3.41. The fourth-order valence-electron chi connectivity index (χ4n) is 2.64. The molecule has 2 aromatic rings. The second kappa shape index (κ2) is 7.05. The van der Waals surface area contributed by atoms with Crippen LogP contribution in [0.2, 0.25) is 0 Å². The molecule has 26 heavy (non-hydrogen) atoms. The number of piperazine rings is 1. The van der Waals surface area contributed by atoms with E-state index in [9.17, 15) is 22.0 Å². The van der Waals surface area contributed by atoms with Crippen molar-refractivity contribution < 1.29 is 22.0 Å². The minimum absolute atomic E-state index is 0.139. The van der Waals surface area contributed by atoms with E-state index < -0.39 is 21.7 Å². The van der Waals surface area contributed by atoms with E-state index in [0.717, 1.165) is 16.6 Å². The van der Waals surface area contributed by atoms with Crippen molar-refractivity contribution >= 4 is 42.6 Å². The van der Waals surface area contributed by atoms with Gasteiger partial charge in [-0.2, -0.15) is 4.31 Å². The van der Waals surface area contributed by atoms with Gasteiger partial charge >= 0.3 is 0 Å². The first-order chi connectivity index (χ1) is 12.1. The number of anilines is 1. The van der Waals surface area contributed by atoms with Gasteiger partial charge in [-0.05, 0) is 6.07 Å². The van der Waals surface area contributed by atoms with Crippen LogP contribution in [0.5, 0.6) is 0 Å². The molecule has 11 heteroatoms. The number of halogens is 2. The van der Waals surface area contributed by atoms with E-state index in [1.807, 2.05) is 4.90 Å². The average Bonchev–Trinajstić information content (AvgIpc) is 2.98. The van der Waals surface area contributed by atoms with Crippen molar-refractivity contribution in [3.63, 3.8) is 0 Å². The summed E-state index contributed by atoms with van der Waals surface area (Å²) >= 11 is 1.20. The predicted molar refractivity (Wildman–Crippen MR) is 95.8 cm³/mol. The zero-order chi connectivity index (χ0) is 19.1. The second-order valence-corrected chi connectivity index (χ2v) is 9.22. The summed E-state index contributed by atoms with van der Waals surface area (Å²) in [7, 11) is -2.05. The molecule has 0 bridgehead atoms. The smallest absolute Gasteiger partial charge is 0.238 e. The number of rotatable bonds is 4. The molecular weight excluding hydrogens is 386 g/mol. The Morgan fingerprint density at radius 3 is 2.54 bits per heavy atom. The van der Waals surface area contributed by atoms with Crippen molar-refractivity contribution in [2.75, 3.05) is 50.9 Å². The van der Waals surface area contributed by atoms with Crippen molar-refractivity contribution in [2.45, 2.75) is 0 Å². The van der Waals surface area contributed by atoms with Crippen LogP contribution in [-0.4, -0.2) is 74.5 Å². The third kappa shape index (κ3) is 3.94. The van der Waals surface area contributed by atoms with E-state index in [4.69, 9.17) is 0 Å². The minimum Gasteiger partial charge on any atom is -0.345 e. The molecule has 1 fully saturated rings. The van der Waals surface area contributed by atoms with Gasteiger partial charge in [0.15, 0.2) is 10.9 Å². The summed E-state index contributed by atoms with van der Waals surface area (Å²) < 4.78 is 51.4. The molecule has 7 nitrogen and oxygen atoms in total. The third-order valence-corrected chi connectivity index (χ3v) is 6.55. The van der Waals surface area contributed by atoms with Crippen molar-refractivity contribution in [1.29, 1.82) is 0 Å².